The smallest absolute Gasteiger partial charge is 0.220 e. The van der Waals surface area contributed by atoms with Gasteiger partial charge in [0, 0.05) is 0 Å². The lowest BCUT2D eigenvalue weighted by molar-refractivity contribution is 0.471. The maximum atomic E-state index is 12.1. The van der Waals surface area contributed by atoms with Crippen LogP contribution in [0.4, 0.5) is 0 Å². The minimum atomic E-state index is -0.364. The molecule has 0 heterocycles. The largest absolute Gasteiger partial charge is 0.504 e. The standard InChI is InChI=1S/C19H20NO2P/c1-10-8-13-4-6-16(20-23)15-9-18(22)17(21)7-5-14(15)19(13)12(3)11(10)2/h5,7-9,16,23H,4,6H2,1-3H3,(H,21,22). The first kappa shape index (κ1) is 15.9. The Kier molecular flexibility index (Phi) is 4.08. The molecule has 0 fully saturated rings. The topological polar surface area (TPSA) is 49.7 Å². The molecule has 2 aromatic rings. The van der Waals surface area contributed by atoms with Crippen LogP contribution in [0.3, 0.4) is 0 Å². The van der Waals surface area contributed by atoms with Gasteiger partial charge >= 0.3 is 0 Å². The second-order valence-corrected chi connectivity index (χ2v) is 6.52. The van der Waals surface area contributed by atoms with Crippen molar-refractivity contribution in [2.45, 2.75) is 39.7 Å². The highest BCUT2D eigenvalue weighted by atomic mass is 31.0. The van der Waals surface area contributed by atoms with Crippen molar-refractivity contribution >= 4 is 9.03 Å². The lowest BCUT2D eigenvalue weighted by Gasteiger charge is -2.16. The van der Waals surface area contributed by atoms with Crippen LogP contribution in [-0.2, 0) is 6.42 Å². The van der Waals surface area contributed by atoms with Crippen LogP contribution in [-0.4, -0.2) is 5.11 Å². The van der Waals surface area contributed by atoms with Crippen LogP contribution in [0.1, 0.15) is 40.3 Å². The molecule has 1 unspecified atom stereocenters. The maximum Gasteiger partial charge on any atom is 0.220 e. The molecule has 0 saturated carbocycles. The molecule has 0 amide bonds. The van der Waals surface area contributed by atoms with E-state index in [1.807, 2.05) is 6.07 Å². The Morgan fingerprint density at radius 3 is 2.61 bits per heavy atom. The molecular formula is C19H20NO2P. The third kappa shape index (κ3) is 2.60. The number of fused-ring (bicyclic) bond motifs is 3. The second kappa shape index (κ2) is 5.90. The summed E-state index contributed by atoms with van der Waals surface area (Å²) in [5.41, 5.74) is 7.73. The van der Waals surface area contributed by atoms with Gasteiger partial charge in [0.05, 0.1) is 6.04 Å². The van der Waals surface area contributed by atoms with Crippen molar-refractivity contribution in [3.8, 4) is 16.9 Å². The predicted molar refractivity (Wildman–Crippen MR) is 95.8 cm³/mol. The van der Waals surface area contributed by atoms with Crippen molar-refractivity contribution in [3.63, 3.8) is 0 Å². The van der Waals surface area contributed by atoms with E-state index in [-0.39, 0.29) is 17.2 Å². The first-order valence-electron chi connectivity index (χ1n) is 7.78. The van der Waals surface area contributed by atoms with Crippen LogP contribution in [0.2, 0.25) is 0 Å². The van der Waals surface area contributed by atoms with Crippen LogP contribution in [0.15, 0.2) is 33.8 Å². The number of hydrogen-bond acceptors (Lipinski definition) is 3. The van der Waals surface area contributed by atoms with Crippen molar-refractivity contribution in [2.75, 3.05) is 0 Å². The lowest BCUT2D eigenvalue weighted by atomic mass is 9.88. The van der Waals surface area contributed by atoms with E-state index < -0.39 is 0 Å². The van der Waals surface area contributed by atoms with Crippen molar-refractivity contribution in [1.82, 2.24) is 0 Å². The summed E-state index contributed by atoms with van der Waals surface area (Å²) < 4.78 is 4.29. The fourth-order valence-electron chi connectivity index (χ4n) is 3.46. The van der Waals surface area contributed by atoms with Crippen LogP contribution >= 0.6 is 9.03 Å². The summed E-state index contributed by atoms with van der Waals surface area (Å²) in [5, 5.41) is 9.83. The maximum absolute atomic E-state index is 12.1. The average Bonchev–Trinajstić information content (AvgIpc) is 2.75. The number of hydrogen-bond donors (Lipinski definition) is 1. The minimum Gasteiger partial charge on any atom is -0.504 e. The van der Waals surface area contributed by atoms with E-state index >= 15 is 0 Å². The Labute approximate surface area is 138 Å². The van der Waals surface area contributed by atoms with Crippen molar-refractivity contribution < 1.29 is 5.11 Å². The molecule has 0 aromatic heterocycles. The molecule has 3 nitrogen and oxygen atoms in total. The molecule has 118 valence electrons. The van der Waals surface area contributed by atoms with Gasteiger partial charge in [-0.2, -0.15) is 0 Å². The fraction of sp³-hybridized carbons (Fsp3) is 0.316. The van der Waals surface area contributed by atoms with Gasteiger partial charge in [-0.1, -0.05) is 12.1 Å². The summed E-state index contributed by atoms with van der Waals surface area (Å²) in [6, 6.07) is 7.01. The van der Waals surface area contributed by atoms with Crippen molar-refractivity contribution in [1.29, 1.82) is 0 Å². The predicted octanol–water partition coefficient (Wildman–Crippen LogP) is 4.66. The third-order valence-corrected chi connectivity index (χ3v) is 5.28. The Morgan fingerprint density at radius 2 is 1.91 bits per heavy atom. The van der Waals surface area contributed by atoms with Crippen LogP contribution in [0, 0.1) is 20.8 Å². The van der Waals surface area contributed by atoms with Gasteiger partial charge < -0.3 is 5.11 Å². The zero-order valence-corrected chi connectivity index (χ0v) is 14.6. The molecule has 4 heteroatoms. The van der Waals surface area contributed by atoms with Gasteiger partial charge in [-0.25, -0.2) is 0 Å². The van der Waals surface area contributed by atoms with Crippen molar-refractivity contribution in [3.05, 3.63) is 62.3 Å². The second-order valence-electron chi connectivity index (χ2n) is 6.26. The number of rotatable bonds is 1. The van der Waals surface area contributed by atoms with Gasteiger partial charge in [-0.3, -0.25) is 9.54 Å². The van der Waals surface area contributed by atoms with E-state index in [0.717, 1.165) is 24.0 Å². The van der Waals surface area contributed by atoms with E-state index in [1.54, 1.807) is 0 Å². The minimum absolute atomic E-state index is 0.103. The fourth-order valence-corrected chi connectivity index (χ4v) is 3.72. The van der Waals surface area contributed by atoms with Gasteiger partial charge in [0.1, 0.15) is 0 Å². The molecule has 1 N–H and O–H groups in total. The molecule has 1 aliphatic rings. The molecule has 3 rings (SSSR count). The highest BCUT2D eigenvalue weighted by Crippen LogP contribution is 2.41. The molecule has 0 spiro atoms. The lowest BCUT2D eigenvalue weighted by Crippen LogP contribution is -2.00. The molecule has 1 aliphatic carbocycles. The molecule has 0 aliphatic heterocycles. The van der Waals surface area contributed by atoms with Gasteiger partial charge in [-0.05, 0) is 93.7 Å². The summed E-state index contributed by atoms with van der Waals surface area (Å²) in [5.74, 6) is -0.228. The van der Waals surface area contributed by atoms with E-state index in [9.17, 15) is 9.90 Å². The van der Waals surface area contributed by atoms with E-state index in [0.29, 0.717) is 0 Å². The van der Waals surface area contributed by atoms with E-state index in [2.05, 4.69) is 40.6 Å². The average molecular weight is 325 g/mol. The Morgan fingerprint density at radius 1 is 1.17 bits per heavy atom. The summed E-state index contributed by atoms with van der Waals surface area (Å²) in [6.45, 7) is 6.38. The SMILES string of the molecule is Cc1cc2c(c(C)c1C)-c1ccc(O)c(=O)cc1C(N=P)CC2. The highest BCUT2D eigenvalue weighted by molar-refractivity contribution is 7.04. The molecule has 2 aromatic carbocycles. The number of benzene rings is 1. The molecule has 1 atom stereocenters. The normalized spacial score (nSPS) is 16.2. The zero-order chi connectivity index (χ0) is 16.7. The molecule has 0 bridgehead atoms. The van der Waals surface area contributed by atoms with Gasteiger partial charge in [-0.15, -0.1) is 0 Å². The molecular weight excluding hydrogens is 305 g/mol. The summed E-state index contributed by atoms with van der Waals surface area (Å²) in [6.07, 6.45) is 1.74. The summed E-state index contributed by atoms with van der Waals surface area (Å²) in [4.78, 5) is 12.1. The van der Waals surface area contributed by atoms with Gasteiger partial charge in [0.2, 0.25) is 5.43 Å². The van der Waals surface area contributed by atoms with Crippen molar-refractivity contribution in [2.24, 2.45) is 4.74 Å². The van der Waals surface area contributed by atoms with Crippen LogP contribution < -0.4 is 5.43 Å². The third-order valence-electron chi connectivity index (χ3n) is 4.97. The summed E-state index contributed by atoms with van der Waals surface area (Å²) in [7, 11) is 3.28. The van der Waals surface area contributed by atoms with Crippen LogP contribution in [0.25, 0.3) is 11.1 Å². The molecule has 23 heavy (non-hydrogen) atoms. The Bertz CT molecular complexity index is 874. The van der Waals surface area contributed by atoms with Crippen LogP contribution in [0.5, 0.6) is 5.75 Å². The van der Waals surface area contributed by atoms with E-state index in [1.165, 1.54) is 39.9 Å². The van der Waals surface area contributed by atoms with Gasteiger partial charge in [0.15, 0.2) is 5.75 Å². The van der Waals surface area contributed by atoms with E-state index in [4.69, 9.17) is 0 Å². The summed E-state index contributed by atoms with van der Waals surface area (Å²) >= 11 is 0. The Balaban J connectivity index is 2.46. The highest BCUT2D eigenvalue weighted by Gasteiger charge is 2.24. The quantitative estimate of drug-likeness (QED) is 0.775. The van der Waals surface area contributed by atoms with Gasteiger partial charge in [0.25, 0.3) is 0 Å². The first-order valence-corrected chi connectivity index (χ1v) is 8.22. The monoisotopic (exact) mass is 325 g/mol. The molecule has 0 radical (unpaired) electrons. The first-order chi connectivity index (χ1) is 10.9. The number of aryl methyl sites for hydroxylation is 2. The zero-order valence-electron chi connectivity index (χ0n) is 13.6. The Hall–Kier alpha value is -1.99. The number of aromatic hydroxyl groups is 1. The molecule has 0 saturated heterocycles. The number of nitrogens with zero attached hydrogens (tertiary/aromatic N) is 1.